The van der Waals surface area contributed by atoms with E-state index in [4.69, 9.17) is 9.72 Å². The highest BCUT2D eigenvalue weighted by Crippen LogP contribution is 2.42. The van der Waals surface area contributed by atoms with E-state index in [-0.39, 0.29) is 23.4 Å². The van der Waals surface area contributed by atoms with Crippen LogP contribution in [0.3, 0.4) is 0 Å². The Balaban J connectivity index is 1.76. The average Bonchev–Trinajstić information content (AvgIpc) is 3.14. The quantitative estimate of drug-likeness (QED) is 0.277. The molecule has 0 radical (unpaired) electrons. The molecule has 0 saturated heterocycles. The number of thiophene rings is 1. The molecule has 5 nitrogen and oxygen atoms in total. The highest BCUT2D eigenvalue weighted by molar-refractivity contribution is 7.99. The average molecular weight is 471 g/mol. The van der Waals surface area contributed by atoms with Gasteiger partial charge in [0.05, 0.1) is 25.5 Å². The van der Waals surface area contributed by atoms with E-state index in [1.165, 1.54) is 29.3 Å². The Morgan fingerprint density at radius 2 is 2.03 bits per heavy atom. The van der Waals surface area contributed by atoms with Crippen LogP contribution in [0.15, 0.2) is 40.3 Å². The summed E-state index contributed by atoms with van der Waals surface area (Å²) in [4.78, 5) is 32.4. The Morgan fingerprint density at radius 3 is 2.72 bits per heavy atom. The van der Waals surface area contributed by atoms with Gasteiger partial charge in [-0.25, -0.2) is 4.98 Å². The molecule has 0 spiro atoms. The summed E-state index contributed by atoms with van der Waals surface area (Å²) in [6.07, 6.45) is 3.35. The Bertz CT molecular complexity index is 1180. The minimum atomic E-state index is -0.254. The maximum absolute atomic E-state index is 13.7. The summed E-state index contributed by atoms with van der Waals surface area (Å²) in [5, 5.41) is 1.46. The number of ether oxygens (including phenoxy) is 1. The number of nitrogens with zero attached hydrogens (tertiary/aromatic N) is 2. The summed E-state index contributed by atoms with van der Waals surface area (Å²) in [5.74, 6) is 0.884. The molecule has 0 amide bonds. The molecule has 2 aromatic heterocycles. The molecule has 2 heterocycles. The highest BCUT2D eigenvalue weighted by atomic mass is 32.2. The van der Waals surface area contributed by atoms with Gasteiger partial charge in [0.15, 0.2) is 5.16 Å². The molecule has 4 rings (SSSR count). The van der Waals surface area contributed by atoms with Crippen molar-refractivity contribution < 1.29 is 9.53 Å². The van der Waals surface area contributed by atoms with Crippen LogP contribution >= 0.6 is 23.1 Å². The van der Waals surface area contributed by atoms with Crippen LogP contribution in [0, 0.1) is 11.3 Å². The van der Waals surface area contributed by atoms with Crippen molar-refractivity contribution in [2.45, 2.75) is 58.2 Å². The summed E-state index contributed by atoms with van der Waals surface area (Å²) >= 11 is 3.13. The Morgan fingerprint density at radius 1 is 1.28 bits per heavy atom. The molecule has 3 aromatic rings. The molecule has 1 aliphatic carbocycles. The minimum absolute atomic E-state index is 0.0335. The number of carbonyl (C=O) groups is 1. The zero-order valence-electron chi connectivity index (χ0n) is 19.1. The van der Waals surface area contributed by atoms with Crippen molar-refractivity contribution in [3.8, 4) is 0 Å². The lowest BCUT2D eigenvalue weighted by atomic mass is 9.72. The monoisotopic (exact) mass is 470 g/mol. The van der Waals surface area contributed by atoms with Gasteiger partial charge in [-0.2, -0.15) is 0 Å². The molecular formula is C25H30N2O3S2. The molecule has 32 heavy (non-hydrogen) atoms. The largest absolute Gasteiger partial charge is 0.469 e. The second-order valence-electron chi connectivity index (χ2n) is 9.44. The smallest absolute Gasteiger partial charge is 0.306 e. The summed E-state index contributed by atoms with van der Waals surface area (Å²) in [5.41, 5.74) is 2.55. The van der Waals surface area contributed by atoms with E-state index < -0.39 is 0 Å². The zero-order valence-corrected chi connectivity index (χ0v) is 20.8. The molecule has 0 fully saturated rings. The summed E-state index contributed by atoms with van der Waals surface area (Å²) in [6.45, 7) is 7.38. The third-order valence-corrected chi connectivity index (χ3v) is 8.43. The number of hydrogen-bond donors (Lipinski definition) is 0. The predicted molar refractivity (Wildman–Crippen MR) is 132 cm³/mol. The molecule has 1 aliphatic rings. The predicted octanol–water partition coefficient (Wildman–Crippen LogP) is 5.31. The maximum Gasteiger partial charge on any atom is 0.306 e. The van der Waals surface area contributed by atoms with Gasteiger partial charge in [-0.1, -0.05) is 62.9 Å². The lowest BCUT2D eigenvalue weighted by molar-refractivity contribution is -0.140. The van der Waals surface area contributed by atoms with E-state index in [0.717, 1.165) is 35.0 Å². The van der Waals surface area contributed by atoms with Crippen molar-refractivity contribution in [1.82, 2.24) is 9.55 Å². The molecular weight excluding hydrogens is 440 g/mol. The molecule has 0 unspecified atom stereocenters. The fourth-order valence-electron chi connectivity index (χ4n) is 4.32. The van der Waals surface area contributed by atoms with Crippen LogP contribution in [0.4, 0.5) is 0 Å². The zero-order chi connectivity index (χ0) is 22.9. The number of aromatic nitrogens is 2. The van der Waals surface area contributed by atoms with Gasteiger partial charge in [-0.3, -0.25) is 14.2 Å². The molecule has 0 N–H and O–H groups in total. The van der Waals surface area contributed by atoms with Gasteiger partial charge in [0.25, 0.3) is 5.56 Å². The molecule has 0 aliphatic heterocycles. The first-order valence-corrected chi connectivity index (χ1v) is 12.9. The van der Waals surface area contributed by atoms with E-state index in [2.05, 4.69) is 20.8 Å². The Kier molecular flexibility index (Phi) is 6.77. The van der Waals surface area contributed by atoms with Crippen molar-refractivity contribution in [1.29, 1.82) is 0 Å². The lowest BCUT2D eigenvalue weighted by Gasteiger charge is -2.33. The van der Waals surface area contributed by atoms with Gasteiger partial charge < -0.3 is 4.74 Å². The first kappa shape index (κ1) is 23.1. The number of methoxy groups -OCH3 is 1. The molecule has 0 saturated carbocycles. The van der Waals surface area contributed by atoms with Gasteiger partial charge >= 0.3 is 5.97 Å². The van der Waals surface area contributed by atoms with Crippen LogP contribution < -0.4 is 5.56 Å². The number of rotatable bonds is 6. The number of fused-ring (bicyclic) bond motifs is 3. The Hall–Kier alpha value is -2.12. The fraction of sp³-hybridized carbons (Fsp3) is 0.480. The van der Waals surface area contributed by atoms with Crippen LogP contribution in [-0.4, -0.2) is 28.4 Å². The molecule has 170 valence electrons. The summed E-state index contributed by atoms with van der Waals surface area (Å²) in [6, 6.07) is 9.98. The van der Waals surface area contributed by atoms with Gasteiger partial charge in [-0.15, -0.1) is 11.3 Å². The SMILES string of the molecule is COC(=O)CCSc1nc2sc3c(c2c(=O)n1Cc1ccccc1)CC[C@@H](C(C)(C)C)C3. The van der Waals surface area contributed by atoms with E-state index in [9.17, 15) is 9.59 Å². The van der Waals surface area contributed by atoms with Crippen molar-refractivity contribution in [3.05, 3.63) is 56.7 Å². The van der Waals surface area contributed by atoms with Crippen molar-refractivity contribution in [3.63, 3.8) is 0 Å². The molecule has 1 aromatic carbocycles. The van der Waals surface area contributed by atoms with Crippen LogP contribution in [0.25, 0.3) is 10.2 Å². The van der Waals surface area contributed by atoms with E-state index in [1.807, 2.05) is 30.3 Å². The van der Waals surface area contributed by atoms with Gasteiger partial charge in [-0.05, 0) is 41.7 Å². The number of thioether (sulfide) groups is 1. The number of carbonyl (C=O) groups excluding carboxylic acids is 1. The Labute approximate surface area is 197 Å². The fourth-order valence-corrected chi connectivity index (χ4v) is 6.58. The first-order valence-electron chi connectivity index (χ1n) is 11.1. The topological polar surface area (TPSA) is 61.2 Å². The van der Waals surface area contributed by atoms with Crippen molar-refractivity contribution in [2.75, 3.05) is 12.9 Å². The van der Waals surface area contributed by atoms with E-state index in [0.29, 0.717) is 23.4 Å². The summed E-state index contributed by atoms with van der Waals surface area (Å²) in [7, 11) is 1.39. The minimum Gasteiger partial charge on any atom is -0.469 e. The second-order valence-corrected chi connectivity index (χ2v) is 11.6. The second kappa shape index (κ2) is 9.40. The van der Waals surface area contributed by atoms with Crippen LogP contribution in [0.2, 0.25) is 0 Å². The van der Waals surface area contributed by atoms with E-state index >= 15 is 0 Å². The maximum atomic E-state index is 13.7. The van der Waals surface area contributed by atoms with E-state index in [1.54, 1.807) is 15.9 Å². The lowest BCUT2D eigenvalue weighted by Crippen LogP contribution is -2.27. The van der Waals surface area contributed by atoms with Crippen molar-refractivity contribution in [2.24, 2.45) is 11.3 Å². The van der Waals surface area contributed by atoms with Crippen LogP contribution in [-0.2, 0) is 28.9 Å². The first-order chi connectivity index (χ1) is 15.3. The van der Waals surface area contributed by atoms with Crippen LogP contribution in [0.1, 0.15) is 49.6 Å². The number of esters is 1. The number of benzene rings is 1. The normalized spacial score (nSPS) is 16.2. The standard InChI is InChI=1S/C25H30N2O3S2/c1-25(2,3)17-10-11-18-19(14-17)32-22-21(18)23(29)27(15-16-8-6-5-7-9-16)24(26-22)31-13-12-20(28)30-4/h5-9,17H,10-15H2,1-4H3/t17-/m1/s1. The third kappa shape index (κ3) is 4.79. The van der Waals surface area contributed by atoms with Crippen molar-refractivity contribution >= 4 is 39.3 Å². The third-order valence-electron chi connectivity index (χ3n) is 6.31. The summed E-state index contributed by atoms with van der Waals surface area (Å²) < 4.78 is 6.54. The van der Waals surface area contributed by atoms with Crippen LogP contribution in [0.5, 0.6) is 0 Å². The molecule has 0 bridgehead atoms. The van der Waals surface area contributed by atoms with Gasteiger partial charge in [0.1, 0.15) is 4.83 Å². The highest BCUT2D eigenvalue weighted by Gasteiger charge is 2.32. The molecule has 1 atom stereocenters. The van der Waals surface area contributed by atoms with Gasteiger partial charge in [0.2, 0.25) is 0 Å². The van der Waals surface area contributed by atoms with Gasteiger partial charge in [0, 0.05) is 10.6 Å². The number of aryl methyl sites for hydroxylation is 1. The number of hydrogen-bond acceptors (Lipinski definition) is 6. The molecule has 7 heteroatoms.